The van der Waals surface area contributed by atoms with Crippen LogP contribution in [0.1, 0.15) is 12.0 Å². The second-order valence-electron chi connectivity index (χ2n) is 4.04. The number of amides is 1. The molecule has 82 valence electrons. The number of nitrogens with two attached hydrogens (primary N) is 1. The van der Waals surface area contributed by atoms with Crippen molar-refractivity contribution >= 4 is 17.2 Å². The molecule has 1 aliphatic heterocycles. The summed E-state index contributed by atoms with van der Waals surface area (Å²) in [5.41, 5.74) is 6.72. The van der Waals surface area contributed by atoms with Gasteiger partial charge >= 0.3 is 0 Å². The highest BCUT2D eigenvalue weighted by molar-refractivity contribution is 7.07. The lowest BCUT2D eigenvalue weighted by Gasteiger charge is -2.15. The summed E-state index contributed by atoms with van der Waals surface area (Å²) in [6.45, 7) is 2.42. The maximum Gasteiger partial charge on any atom is 0.227 e. The molecule has 2 rings (SSSR count). The first-order valence-corrected chi connectivity index (χ1v) is 6.23. The van der Waals surface area contributed by atoms with Gasteiger partial charge in [0.05, 0.1) is 6.42 Å². The first-order valence-electron chi connectivity index (χ1n) is 5.28. The minimum Gasteiger partial charge on any atom is -0.342 e. The summed E-state index contributed by atoms with van der Waals surface area (Å²) in [5, 5.41) is 4.05. The topological polar surface area (TPSA) is 46.3 Å². The predicted octanol–water partition coefficient (Wildman–Crippen LogP) is 1.10. The molecule has 0 bridgehead atoms. The summed E-state index contributed by atoms with van der Waals surface area (Å²) >= 11 is 1.64. The molecule has 2 N–H and O–H groups in total. The quantitative estimate of drug-likeness (QED) is 0.835. The predicted molar refractivity (Wildman–Crippen MR) is 61.8 cm³/mol. The highest BCUT2D eigenvalue weighted by atomic mass is 32.1. The third kappa shape index (κ3) is 2.58. The maximum absolute atomic E-state index is 11.9. The molecule has 0 saturated carbocycles. The molecule has 1 atom stereocenters. The van der Waals surface area contributed by atoms with E-state index in [0.29, 0.717) is 18.9 Å². The van der Waals surface area contributed by atoms with Crippen LogP contribution >= 0.6 is 11.3 Å². The van der Waals surface area contributed by atoms with Gasteiger partial charge in [0.1, 0.15) is 0 Å². The van der Waals surface area contributed by atoms with Gasteiger partial charge < -0.3 is 10.6 Å². The van der Waals surface area contributed by atoms with Crippen LogP contribution in [0.4, 0.5) is 0 Å². The van der Waals surface area contributed by atoms with Crippen LogP contribution in [0, 0.1) is 5.92 Å². The lowest BCUT2D eigenvalue weighted by Crippen LogP contribution is -2.30. The van der Waals surface area contributed by atoms with Crippen molar-refractivity contribution in [2.24, 2.45) is 11.7 Å². The zero-order valence-corrected chi connectivity index (χ0v) is 9.50. The average Bonchev–Trinajstić information content (AvgIpc) is 2.86. The van der Waals surface area contributed by atoms with Gasteiger partial charge in [0.25, 0.3) is 0 Å². The van der Waals surface area contributed by atoms with Crippen LogP contribution in [-0.2, 0) is 11.2 Å². The van der Waals surface area contributed by atoms with E-state index in [1.165, 1.54) is 0 Å². The van der Waals surface area contributed by atoms with Crippen molar-refractivity contribution in [1.82, 2.24) is 4.90 Å². The van der Waals surface area contributed by atoms with Crippen molar-refractivity contribution in [1.29, 1.82) is 0 Å². The summed E-state index contributed by atoms with van der Waals surface area (Å²) in [5.74, 6) is 0.751. The highest BCUT2D eigenvalue weighted by Crippen LogP contribution is 2.16. The van der Waals surface area contributed by atoms with Crippen LogP contribution in [0.25, 0.3) is 0 Å². The average molecular weight is 224 g/mol. The fourth-order valence-corrected chi connectivity index (χ4v) is 2.60. The molecule has 1 fully saturated rings. The molecule has 1 aliphatic rings. The molecule has 0 spiro atoms. The van der Waals surface area contributed by atoms with Crippen molar-refractivity contribution in [3.8, 4) is 0 Å². The number of carbonyl (C=O) groups excluding carboxylic acids is 1. The Morgan fingerprint density at radius 1 is 1.67 bits per heavy atom. The Bertz CT molecular complexity index is 323. The Kier molecular flexibility index (Phi) is 3.38. The number of likely N-dealkylation sites (tertiary alicyclic amines) is 1. The van der Waals surface area contributed by atoms with Gasteiger partial charge in [-0.2, -0.15) is 11.3 Å². The number of hydrogen-bond acceptors (Lipinski definition) is 3. The third-order valence-electron chi connectivity index (χ3n) is 2.91. The van der Waals surface area contributed by atoms with Gasteiger partial charge in [0, 0.05) is 13.1 Å². The van der Waals surface area contributed by atoms with Gasteiger partial charge in [-0.3, -0.25) is 4.79 Å². The highest BCUT2D eigenvalue weighted by Gasteiger charge is 2.24. The normalized spacial score (nSPS) is 20.9. The van der Waals surface area contributed by atoms with Crippen molar-refractivity contribution in [3.63, 3.8) is 0 Å². The van der Waals surface area contributed by atoms with Crippen LogP contribution in [0.15, 0.2) is 16.8 Å². The fraction of sp³-hybridized carbons (Fsp3) is 0.545. The summed E-state index contributed by atoms with van der Waals surface area (Å²) in [6.07, 6.45) is 1.60. The van der Waals surface area contributed by atoms with Gasteiger partial charge in [-0.15, -0.1) is 0 Å². The van der Waals surface area contributed by atoms with E-state index in [-0.39, 0.29) is 5.91 Å². The second kappa shape index (κ2) is 4.77. The van der Waals surface area contributed by atoms with E-state index >= 15 is 0 Å². The van der Waals surface area contributed by atoms with Crippen LogP contribution in [0.3, 0.4) is 0 Å². The van der Waals surface area contributed by atoms with E-state index in [9.17, 15) is 4.79 Å². The Morgan fingerprint density at radius 2 is 2.53 bits per heavy atom. The van der Waals surface area contributed by atoms with Gasteiger partial charge in [-0.1, -0.05) is 0 Å². The summed E-state index contributed by atoms with van der Waals surface area (Å²) in [6, 6.07) is 2.01. The van der Waals surface area contributed by atoms with Crippen molar-refractivity contribution in [3.05, 3.63) is 22.4 Å². The molecular formula is C11H16N2OS. The molecule has 1 aromatic rings. The van der Waals surface area contributed by atoms with Crippen LogP contribution in [-0.4, -0.2) is 30.4 Å². The molecule has 15 heavy (non-hydrogen) atoms. The largest absolute Gasteiger partial charge is 0.342 e. The van der Waals surface area contributed by atoms with Crippen LogP contribution in [0.2, 0.25) is 0 Å². The maximum atomic E-state index is 11.9. The number of thiophene rings is 1. The van der Waals surface area contributed by atoms with E-state index in [4.69, 9.17) is 5.73 Å². The first kappa shape index (κ1) is 10.6. The van der Waals surface area contributed by atoms with Gasteiger partial charge in [-0.25, -0.2) is 0 Å². The molecule has 1 aromatic heterocycles. The van der Waals surface area contributed by atoms with Crippen molar-refractivity contribution < 1.29 is 4.79 Å². The molecule has 1 amide bonds. The molecule has 1 saturated heterocycles. The smallest absolute Gasteiger partial charge is 0.227 e. The Morgan fingerprint density at radius 3 is 3.13 bits per heavy atom. The summed E-state index contributed by atoms with van der Waals surface area (Å²) in [4.78, 5) is 13.8. The van der Waals surface area contributed by atoms with E-state index in [1.807, 2.05) is 21.7 Å². The summed E-state index contributed by atoms with van der Waals surface area (Å²) in [7, 11) is 0. The van der Waals surface area contributed by atoms with E-state index < -0.39 is 0 Å². The molecule has 0 aliphatic carbocycles. The zero-order chi connectivity index (χ0) is 10.7. The zero-order valence-electron chi connectivity index (χ0n) is 8.69. The number of hydrogen-bond donors (Lipinski definition) is 1. The molecular weight excluding hydrogens is 208 g/mol. The number of carbonyl (C=O) groups is 1. The Balaban J connectivity index is 1.87. The van der Waals surface area contributed by atoms with Crippen LogP contribution in [0.5, 0.6) is 0 Å². The Labute approximate surface area is 93.9 Å². The SMILES string of the molecule is NC[C@H]1CCN(C(=O)Cc2ccsc2)C1. The standard InChI is InChI=1S/C11H16N2OS/c12-6-10-1-3-13(7-10)11(14)5-9-2-4-15-8-9/h2,4,8,10H,1,3,5-7,12H2/t10-/m1/s1. The van der Waals surface area contributed by atoms with Gasteiger partial charge in [0.15, 0.2) is 0 Å². The molecule has 0 unspecified atom stereocenters. The minimum absolute atomic E-state index is 0.240. The molecule has 4 heteroatoms. The molecule has 2 heterocycles. The van der Waals surface area contributed by atoms with Gasteiger partial charge in [0.2, 0.25) is 5.91 Å². The minimum atomic E-state index is 0.240. The first-order chi connectivity index (χ1) is 7.29. The lowest BCUT2D eigenvalue weighted by atomic mass is 10.1. The van der Waals surface area contributed by atoms with Crippen molar-refractivity contribution in [2.75, 3.05) is 19.6 Å². The lowest BCUT2D eigenvalue weighted by molar-refractivity contribution is -0.129. The fourth-order valence-electron chi connectivity index (χ4n) is 1.93. The third-order valence-corrected chi connectivity index (χ3v) is 3.64. The van der Waals surface area contributed by atoms with Crippen LogP contribution < -0.4 is 5.73 Å². The molecule has 0 radical (unpaired) electrons. The van der Waals surface area contributed by atoms with Gasteiger partial charge in [-0.05, 0) is 41.3 Å². The molecule has 3 nitrogen and oxygen atoms in total. The van der Waals surface area contributed by atoms with E-state index in [2.05, 4.69) is 0 Å². The monoisotopic (exact) mass is 224 g/mol. The van der Waals surface area contributed by atoms with E-state index in [1.54, 1.807) is 11.3 Å². The van der Waals surface area contributed by atoms with Crippen molar-refractivity contribution in [2.45, 2.75) is 12.8 Å². The molecule has 0 aromatic carbocycles. The number of rotatable bonds is 3. The Hall–Kier alpha value is -0.870. The van der Waals surface area contributed by atoms with E-state index in [0.717, 1.165) is 25.1 Å². The summed E-state index contributed by atoms with van der Waals surface area (Å²) < 4.78 is 0. The number of nitrogens with zero attached hydrogens (tertiary/aromatic N) is 1. The second-order valence-corrected chi connectivity index (χ2v) is 4.82.